The average molecular weight is 260 g/mol. The van der Waals surface area contributed by atoms with E-state index in [2.05, 4.69) is 15.9 Å². The summed E-state index contributed by atoms with van der Waals surface area (Å²) in [4.78, 5) is 10.5. The zero-order valence-electron chi connectivity index (χ0n) is 7.27. The second kappa shape index (κ2) is 4.43. The fourth-order valence-electron chi connectivity index (χ4n) is 1.05. The maximum absolute atomic E-state index is 10.5. The summed E-state index contributed by atoms with van der Waals surface area (Å²) in [5, 5.41) is 17.9. The molecule has 1 atom stereocenters. The summed E-state index contributed by atoms with van der Waals surface area (Å²) >= 11 is 3.16. The minimum Gasteiger partial charge on any atom is -0.507 e. The van der Waals surface area contributed by atoms with E-state index in [0.717, 1.165) is 0 Å². The number of aromatic hydroxyl groups is 1. The molecule has 0 spiro atoms. The van der Waals surface area contributed by atoms with Crippen LogP contribution in [0.3, 0.4) is 0 Å². The number of carboxylic acids is 1. The number of nitrogens with two attached hydrogens (primary N) is 1. The third-order valence-corrected chi connectivity index (χ3v) is 2.73. The minimum absolute atomic E-state index is 0.0834. The molecule has 1 rings (SSSR count). The van der Waals surface area contributed by atoms with Crippen LogP contribution in [0.25, 0.3) is 0 Å². The second-order valence-corrected chi connectivity index (χ2v) is 3.69. The van der Waals surface area contributed by atoms with E-state index in [1.165, 1.54) is 6.07 Å². The number of carboxylic acid groups (broad SMARTS) is 1. The Morgan fingerprint density at radius 2 is 2.21 bits per heavy atom. The number of rotatable bonds is 3. The molecule has 0 aliphatic carbocycles. The average Bonchev–Trinajstić information content (AvgIpc) is 2.12. The molecule has 4 N–H and O–H groups in total. The smallest absolute Gasteiger partial charge is 0.320 e. The largest absolute Gasteiger partial charge is 0.507 e. The lowest BCUT2D eigenvalue weighted by Gasteiger charge is -2.08. The molecule has 4 nitrogen and oxygen atoms in total. The number of phenols is 1. The molecule has 0 aromatic heterocycles. The van der Waals surface area contributed by atoms with E-state index in [9.17, 15) is 9.90 Å². The van der Waals surface area contributed by atoms with E-state index < -0.39 is 12.0 Å². The van der Waals surface area contributed by atoms with Gasteiger partial charge in [-0.25, -0.2) is 0 Å². The highest BCUT2D eigenvalue weighted by molar-refractivity contribution is 9.10. The summed E-state index contributed by atoms with van der Waals surface area (Å²) in [6, 6.07) is 3.92. The van der Waals surface area contributed by atoms with Crippen molar-refractivity contribution in [1.29, 1.82) is 0 Å². The minimum atomic E-state index is -1.06. The normalized spacial score (nSPS) is 12.4. The lowest BCUT2D eigenvalue weighted by Crippen LogP contribution is -2.32. The van der Waals surface area contributed by atoms with Crippen LogP contribution in [0.5, 0.6) is 5.75 Å². The van der Waals surface area contributed by atoms with Crippen LogP contribution in [0.2, 0.25) is 0 Å². The SMILES string of the molecule is NC(Cc1cccc(O)c1Br)C(=O)O. The summed E-state index contributed by atoms with van der Waals surface area (Å²) in [7, 11) is 0. The third-order valence-electron chi connectivity index (χ3n) is 1.82. The van der Waals surface area contributed by atoms with E-state index in [0.29, 0.717) is 10.0 Å². The standard InChI is InChI=1S/C9H10BrNO3/c10-8-5(2-1-3-7(8)12)4-6(11)9(13)14/h1-3,6,12H,4,11H2,(H,13,14). The van der Waals surface area contributed by atoms with Gasteiger partial charge in [0.25, 0.3) is 0 Å². The van der Waals surface area contributed by atoms with Crippen molar-refractivity contribution in [3.8, 4) is 5.75 Å². The lowest BCUT2D eigenvalue weighted by molar-refractivity contribution is -0.138. The molecule has 0 aliphatic rings. The maximum Gasteiger partial charge on any atom is 0.320 e. The van der Waals surface area contributed by atoms with Gasteiger partial charge in [0, 0.05) is 0 Å². The number of hydrogen-bond acceptors (Lipinski definition) is 3. The van der Waals surface area contributed by atoms with Gasteiger partial charge in [0.05, 0.1) is 4.47 Å². The molecular weight excluding hydrogens is 250 g/mol. The molecule has 0 heterocycles. The molecule has 0 radical (unpaired) electrons. The highest BCUT2D eigenvalue weighted by Gasteiger charge is 2.14. The van der Waals surface area contributed by atoms with Crippen molar-refractivity contribution in [3.05, 3.63) is 28.2 Å². The van der Waals surface area contributed by atoms with Crippen LogP contribution in [-0.4, -0.2) is 22.2 Å². The molecule has 0 fully saturated rings. The lowest BCUT2D eigenvalue weighted by atomic mass is 10.1. The Morgan fingerprint density at radius 1 is 1.57 bits per heavy atom. The molecule has 1 unspecified atom stereocenters. The molecule has 1 aromatic rings. The van der Waals surface area contributed by atoms with Crippen molar-refractivity contribution in [2.75, 3.05) is 0 Å². The molecule has 14 heavy (non-hydrogen) atoms. The summed E-state index contributed by atoms with van der Waals surface area (Å²) < 4.78 is 0.497. The van der Waals surface area contributed by atoms with Gasteiger partial charge in [0.15, 0.2) is 0 Å². The van der Waals surface area contributed by atoms with Gasteiger partial charge < -0.3 is 15.9 Å². The van der Waals surface area contributed by atoms with E-state index in [1.54, 1.807) is 12.1 Å². The number of halogens is 1. The molecule has 0 saturated heterocycles. The van der Waals surface area contributed by atoms with E-state index >= 15 is 0 Å². The van der Waals surface area contributed by atoms with E-state index in [4.69, 9.17) is 10.8 Å². The van der Waals surface area contributed by atoms with Crippen molar-refractivity contribution in [2.24, 2.45) is 5.73 Å². The van der Waals surface area contributed by atoms with Gasteiger partial charge in [-0.15, -0.1) is 0 Å². The molecule has 0 bridgehead atoms. The molecule has 1 aromatic carbocycles. The highest BCUT2D eigenvalue weighted by Crippen LogP contribution is 2.27. The van der Waals surface area contributed by atoms with Gasteiger partial charge in [-0.2, -0.15) is 0 Å². The molecule has 5 heteroatoms. The van der Waals surface area contributed by atoms with Crippen LogP contribution in [0.4, 0.5) is 0 Å². The maximum atomic E-state index is 10.5. The van der Waals surface area contributed by atoms with E-state index in [-0.39, 0.29) is 12.2 Å². The number of hydrogen-bond donors (Lipinski definition) is 3. The first-order valence-electron chi connectivity index (χ1n) is 3.97. The van der Waals surface area contributed by atoms with Crippen molar-refractivity contribution < 1.29 is 15.0 Å². The van der Waals surface area contributed by atoms with Crippen LogP contribution in [0, 0.1) is 0 Å². The Labute approximate surface area is 89.5 Å². The Bertz CT molecular complexity index is 354. The van der Waals surface area contributed by atoms with Gasteiger partial charge >= 0.3 is 5.97 Å². The predicted molar refractivity (Wildman–Crippen MR) is 55.1 cm³/mol. The monoisotopic (exact) mass is 259 g/mol. The molecule has 0 amide bonds. The predicted octanol–water partition coefficient (Wildman–Crippen LogP) is 1.11. The zero-order valence-corrected chi connectivity index (χ0v) is 8.86. The van der Waals surface area contributed by atoms with Crippen LogP contribution >= 0.6 is 15.9 Å². The quantitative estimate of drug-likeness (QED) is 0.760. The van der Waals surface area contributed by atoms with Gasteiger partial charge in [-0.3, -0.25) is 4.79 Å². The molecular formula is C9H10BrNO3. The fourth-order valence-corrected chi connectivity index (χ4v) is 1.47. The van der Waals surface area contributed by atoms with Crippen LogP contribution in [0.1, 0.15) is 5.56 Å². The Balaban J connectivity index is 2.87. The van der Waals surface area contributed by atoms with Gasteiger partial charge in [-0.1, -0.05) is 12.1 Å². The number of phenolic OH excluding ortho intramolecular Hbond substituents is 1. The number of carbonyl (C=O) groups is 1. The molecule has 0 saturated carbocycles. The first kappa shape index (κ1) is 11.0. The van der Waals surface area contributed by atoms with Crippen molar-refractivity contribution in [3.63, 3.8) is 0 Å². The molecule has 0 aliphatic heterocycles. The highest BCUT2D eigenvalue weighted by atomic mass is 79.9. The van der Waals surface area contributed by atoms with Crippen molar-refractivity contribution in [1.82, 2.24) is 0 Å². The second-order valence-electron chi connectivity index (χ2n) is 2.90. The third kappa shape index (κ3) is 2.46. The van der Waals surface area contributed by atoms with Crippen LogP contribution in [0.15, 0.2) is 22.7 Å². The number of aliphatic carboxylic acids is 1. The van der Waals surface area contributed by atoms with E-state index in [1.807, 2.05) is 0 Å². The summed E-state index contributed by atoms with van der Waals surface area (Å²) in [5.41, 5.74) is 6.05. The topological polar surface area (TPSA) is 83.5 Å². The van der Waals surface area contributed by atoms with Crippen molar-refractivity contribution in [2.45, 2.75) is 12.5 Å². The van der Waals surface area contributed by atoms with Gasteiger partial charge in [-0.05, 0) is 34.0 Å². The zero-order chi connectivity index (χ0) is 10.7. The van der Waals surface area contributed by atoms with Gasteiger partial charge in [0.1, 0.15) is 11.8 Å². The summed E-state index contributed by atoms with van der Waals surface area (Å²) in [6.07, 6.45) is 0.185. The summed E-state index contributed by atoms with van der Waals surface area (Å²) in [5.74, 6) is -0.972. The van der Waals surface area contributed by atoms with Crippen LogP contribution in [-0.2, 0) is 11.2 Å². The van der Waals surface area contributed by atoms with Crippen LogP contribution < -0.4 is 5.73 Å². The van der Waals surface area contributed by atoms with Gasteiger partial charge in [0.2, 0.25) is 0 Å². The summed E-state index contributed by atoms with van der Waals surface area (Å²) in [6.45, 7) is 0. The fraction of sp³-hybridized carbons (Fsp3) is 0.222. The Kier molecular flexibility index (Phi) is 3.49. The first-order valence-corrected chi connectivity index (χ1v) is 4.76. The van der Waals surface area contributed by atoms with Crippen molar-refractivity contribution >= 4 is 21.9 Å². The Morgan fingerprint density at radius 3 is 2.79 bits per heavy atom. The first-order chi connectivity index (χ1) is 6.52. The Hall–Kier alpha value is -1.07. The molecule has 76 valence electrons. The number of benzene rings is 1.